The molecular weight excluding hydrogens is 574 g/mol. The molecule has 4 fully saturated rings. The summed E-state index contributed by atoms with van der Waals surface area (Å²) in [6.45, 7) is 11.2. The number of carbonyl (C=O) groups excluding carboxylic acids is 2. The van der Waals surface area contributed by atoms with Crippen molar-refractivity contribution in [1.82, 2.24) is 14.7 Å². The van der Waals surface area contributed by atoms with E-state index in [1.807, 2.05) is 49.1 Å². The summed E-state index contributed by atoms with van der Waals surface area (Å²) in [4.78, 5) is 33.8. The average Bonchev–Trinajstić information content (AvgIpc) is 3.32. The van der Waals surface area contributed by atoms with Crippen molar-refractivity contribution in [3.05, 3.63) is 64.7 Å². The van der Waals surface area contributed by atoms with E-state index < -0.39 is 0 Å². The van der Waals surface area contributed by atoms with Gasteiger partial charge in [0.05, 0.1) is 6.04 Å². The number of amides is 2. The third-order valence-electron chi connectivity index (χ3n) is 11.4. The molecule has 250 valence electrons. The molecule has 3 aliphatic heterocycles. The highest BCUT2D eigenvalue weighted by Gasteiger charge is 2.55. The molecule has 7 heteroatoms. The lowest BCUT2D eigenvalue weighted by Gasteiger charge is -2.46. The zero-order chi connectivity index (χ0) is 32.1. The minimum absolute atomic E-state index is 0.0617. The van der Waals surface area contributed by atoms with Gasteiger partial charge in [0.25, 0.3) is 5.91 Å². The predicted molar refractivity (Wildman–Crippen MR) is 182 cm³/mol. The van der Waals surface area contributed by atoms with Crippen LogP contribution in [0.1, 0.15) is 111 Å². The Hall–Kier alpha value is -3.06. The molecule has 1 atom stereocenters. The van der Waals surface area contributed by atoms with Crippen molar-refractivity contribution in [2.75, 3.05) is 32.7 Å². The van der Waals surface area contributed by atoms with Gasteiger partial charge < -0.3 is 19.3 Å². The van der Waals surface area contributed by atoms with Gasteiger partial charge in [-0.1, -0.05) is 69.4 Å². The number of ether oxygens (including phenoxy) is 2. The predicted octanol–water partition coefficient (Wildman–Crippen LogP) is 7.91. The quantitative estimate of drug-likeness (QED) is 0.267. The molecule has 2 amide bonds. The largest absolute Gasteiger partial charge is 0.489 e. The molecule has 2 aromatic carbocycles. The minimum atomic E-state index is -0.333. The Bertz CT molecular complexity index is 1300. The first-order valence-corrected chi connectivity index (χ1v) is 18.2. The standard InChI is InChI=1S/C39H55N3O4/c1-4-5-16-35-39(46-38(44)42(35)27-31-12-8-6-9-13-31)19-23-40(24-20-39)33-17-21-41(22-18-33)37(43)36-29(2)25-34(26-30(36)3)45-28-32-14-10-7-11-15-32/h7,10-11,14-15,25-26,31,33,35H,4-6,8-9,12-13,16-24,27-28H2,1-3H3. The first kappa shape index (κ1) is 32.9. The summed E-state index contributed by atoms with van der Waals surface area (Å²) < 4.78 is 12.4. The van der Waals surface area contributed by atoms with E-state index in [2.05, 4.69) is 28.9 Å². The Kier molecular flexibility index (Phi) is 10.6. The highest BCUT2D eigenvalue weighted by Crippen LogP contribution is 2.43. The van der Waals surface area contributed by atoms with E-state index in [9.17, 15) is 9.59 Å². The topological polar surface area (TPSA) is 62.3 Å². The van der Waals surface area contributed by atoms with Crippen LogP contribution in [0.2, 0.25) is 0 Å². The lowest BCUT2D eigenvalue weighted by molar-refractivity contribution is -0.0385. The van der Waals surface area contributed by atoms with Gasteiger partial charge in [-0.25, -0.2) is 4.79 Å². The second kappa shape index (κ2) is 14.8. The van der Waals surface area contributed by atoms with Gasteiger partial charge in [-0.2, -0.15) is 0 Å². The fourth-order valence-electron chi connectivity index (χ4n) is 8.76. The number of hydrogen-bond acceptors (Lipinski definition) is 5. The molecule has 0 radical (unpaired) electrons. The summed E-state index contributed by atoms with van der Waals surface area (Å²) in [7, 11) is 0. The van der Waals surface area contributed by atoms with E-state index in [4.69, 9.17) is 9.47 Å². The molecule has 1 spiro atoms. The zero-order valence-corrected chi connectivity index (χ0v) is 28.5. The molecule has 2 aromatic rings. The normalized spacial score (nSPS) is 22.8. The van der Waals surface area contributed by atoms with Gasteiger partial charge in [-0.3, -0.25) is 9.69 Å². The van der Waals surface area contributed by atoms with Crippen molar-refractivity contribution in [3.8, 4) is 5.75 Å². The number of hydrogen-bond donors (Lipinski definition) is 0. The molecule has 3 heterocycles. The molecule has 1 aliphatic carbocycles. The van der Waals surface area contributed by atoms with E-state index in [1.54, 1.807) is 0 Å². The fraction of sp³-hybridized carbons (Fsp3) is 0.641. The van der Waals surface area contributed by atoms with Gasteiger partial charge in [-0.15, -0.1) is 0 Å². The van der Waals surface area contributed by atoms with Crippen molar-refractivity contribution < 1.29 is 19.1 Å². The zero-order valence-electron chi connectivity index (χ0n) is 28.5. The summed E-state index contributed by atoms with van der Waals surface area (Å²) in [6, 6.07) is 14.8. The van der Waals surface area contributed by atoms with Crippen molar-refractivity contribution in [3.63, 3.8) is 0 Å². The van der Waals surface area contributed by atoms with Crippen LogP contribution in [-0.2, 0) is 11.3 Å². The maximum atomic E-state index is 13.7. The number of benzene rings is 2. The Labute approximate surface area is 276 Å². The highest BCUT2D eigenvalue weighted by atomic mass is 16.6. The van der Waals surface area contributed by atoms with E-state index in [0.29, 0.717) is 18.6 Å². The first-order valence-electron chi connectivity index (χ1n) is 18.2. The number of piperidine rings is 2. The van der Waals surface area contributed by atoms with E-state index in [0.717, 1.165) is 106 Å². The molecule has 4 aliphatic rings. The Morgan fingerprint density at radius 1 is 0.935 bits per heavy atom. The molecule has 1 saturated carbocycles. The monoisotopic (exact) mass is 629 g/mol. The smallest absolute Gasteiger partial charge is 0.410 e. The summed E-state index contributed by atoms with van der Waals surface area (Å²) in [5, 5.41) is 0. The molecule has 0 aromatic heterocycles. The molecule has 1 unspecified atom stereocenters. The summed E-state index contributed by atoms with van der Waals surface area (Å²) in [6.07, 6.45) is 13.5. The molecule has 46 heavy (non-hydrogen) atoms. The second-order valence-electron chi connectivity index (χ2n) is 14.5. The number of aryl methyl sites for hydroxylation is 2. The third-order valence-corrected chi connectivity index (χ3v) is 11.4. The fourth-order valence-corrected chi connectivity index (χ4v) is 8.76. The Morgan fingerprint density at radius 3 is 2.26 bits per heavy atom. The van der Waals surface area contributed by atoms with Crippen molar-refractivity contribution in [1.29, 1.82) is 0 Å². The van der Waals surface area contributed by atoms with Crippen LogP contribution in [-0.4, -0.2) is 77.1 Å². The van der Waals surface area contributed by atoms with Gasteiger partial charge in [0.15, 0.2) is 0 Å². The molecule has 0 N–H and O–H groups in total. The number of nitrogens with zero attached hydrogens (tertiary/aromatic N) is 3. The summed E-state index contributed by atoms with van der Waals surface area (Å²) in [5.41, 5.74) is 3.54. The van der Waals surface area contributed by atoms with Crippen LogP contribution in [0.4, 0.5) is 4.79 Å². The van der Waals surface area contributed by atoms with Gasteiger partial charge in [0.1, 0.15) is 18.0 Å². The lowest BCUT2D eigenvalue weighted by Crippen LogP contribution is -2.56. The van der Waals surface area contributed by atoms with Crippen molar-refractivity contribution in [2.45, 2.75) is 122 Å². The molecule has 0 bridgehead atoms. The van der Waals surface area contributed by atoms with Crippen LogP contribution in [0.3, 0.4) is 0 Å². The maximum absolute atomic E-state index is 13.7. The van der Waals surface area contributed by atoms with E-state index in [-0.39, 0.29) is 23.6 Å². The number of likely N-dealkylation sites (tertiary alicyclic amines) is 2. The molecule has 6 rings (SSSR count). The van der Waals surface area contributed by atoms with E-state index in [1.165, 1.54) is 32.1 Å². The van der Waals surface area contributed by atoms with Gasteiger partial charge in [0, 0.05) is 57.2 Å². The van der Waals surface area contributed by atoms with Crippen LogP contribution in [0.25, 0.3) is 0 Å². The van der Waals surface area contributed by atoms with Crippen LogP contribution in [0.5, 0.6) is 5.75 Å². The lowest BCUT2D eigenvalue weighted by atomic mass is 9.80. The average molecular weight is 630 g/mol. The number of rotatable bonds is 10. The number of unbranched alkanes of at least 4 members (excludes halogenated alkanes) is 1. The van der Waals surface area contributed by atoms with Gasteiger partial charge >= 0.3 is 6.09 Å². The maximum Gasteiger partial charge on any atom is 0.410 e. The van der Waals surface area contributed by atoms with Crippen LogP contribution >= 0.6 is 0 Å². The third kappa shape index (κ3) is 7.25. The van der Waals surface area contributed by atoms with Crippen LogP contribution in [0, 0.1) is 19.8 Å². The van der Waals surface area contributed by atoms with Crippen molar-refractivity contribution >= 4 is 12.0 Å². The Balaban J connectivity index is 1.02. The highest BCUT2D eigenvalue weighted by molar-refractivity contribution is 5.97. The minimum Gasteiger partial charge on any atom is -0.489 e. The SMILES string of the molecule is CCCCC1N(CC2CCCCC2)C(=O)OC12CCN(C1CCN(C(=O)c3c(C)cc(OCc4ccccc4)cc3C)CC1)CC2. The summed E-state index contributed by atoms with van der Waals surface area (Å²) >= 11 is 0. The first-order chi connectivity index (χ1) is 22.4. The summed E-state index contributed by atoms with van der Waals surface area (Å²) in [5.74, 6) is 1.57. The second-order valence-corrected chi connectivity index (χ2v) is 14.5. The number of carbonyl (C=O) groups is 2. The molecule has 7 nitrogen and oxygen atoms in total. The van der Waals surface area contributed by atoms with E-state index >= 15 is 0 Å². The van der Waals surface area contributed by atoms with Crippen LogP contribution in [0.15, 0.2) is 42.5 Å². The van der Waals surface area contributed by atoms with Gasteiger partial charge in [-0.05, 0) is 80.7 Å². The molecular formula is C39H55N3O4. The van der Waals surface area contributed by atoms with Gasteiger partial charge in [0.2, 0.25) is 0 Å². The Morgan fingerprint density at radius 2 is 1.61 bits per heavy atom. The van der Waals surface area contributed by atoms with Crippen LogP contribution < -0.4 is 4.74 Å². The van der Waals surface area contributed by atoms with Crippen molar-refractivity contribution in [2.24, 2.45) is 5.92 Å². The molecule has 3 saturated heterocycles.